The van der Waals surface area contributed by atoms with E-state index in [2.05, 4.69) is 31.9 Å². The Morgan fingerprint density at radius 1 is 1.06 bits per heavy atom. The van der Waals surface area contributed by atoms with E-state index in [9.17, 15) is 0 Å². The monoisotopic (exact) mass is 352 g/mol. The maximum absolute atomic E-state index is 5.27. The van der Waals surface area contributed by atoms with Gasteiger partial charge in [0.25, 0.3) is 0 Å². The Labute approximate surface area is 112 Å². The predicted molar refractivity (Wildman–Crippen MR) is 71.6 cm³/mol. The van der Waals surface area contributed by atoms with Gasteiger partial charge in [0.2, 0.25) is 5.75 Å². The Kier molecular flexibility index (Phi) is 5.41. The molecule has 0 spiro atoms. The lowest BCUT2D eigenvalue weighted by molar-refractivity contribution is 0.324. The summed E-state index contributed by atoms with van der Waals surface area (Å²) in [4.78, 5) is 0.209. The minimum atomic E-state index is 0.209. The van der Waals surface area contributed by atoms with E-state index in [0.717, 1.165) is 10.9 Å². The Hall–Kier alpha value is -0.420. The number of benzene rings is 1. The number of methoxy groups -OCH3 is 3. The SMILES string of the molecule is COc1cc(C(Br)CBr)cc(OC)c1OC. The van der Waals surface area contributed by atoms with E-state index < -0.39 is 0 Å². The van der Waals surface area contributed by atoms with Crippen LogP contribution in [0.15, 0.2) is 12.1 Å². The average Bonchev–Trinajstić information content (AvgIpc) is 2.35. The fourth-order valence-corrected chi connectivity index (χ4v) is 2.01. The number of hydrogen-bond donors (Lipinski definition) is 0. The van der Waals surface area contributed by atoms with Crippen LogP contribution in [0.4, 0.5) is 0 Å². The van der Waals surface area contributed by atoms with Gasteiger partial charge in [0.15, 0.2) is 11.5 Å². The number of hydrogen-bond acceptors (Lipinski definition) is 3. The molecule has 0 aliphatic rings. The molecule has 0 saturated carbocycles. The minimum absolute atomic E-state index is 0.209. The fraction of sp³-hybridized carbons (Fsp3) is 0.455. The summed E-state index contributed by atoms with van der Waals surface area (Å²) in [5.41, 5.74) is 1.08. The van der Waals surface area contributed by atoms with Crippen molar-refractivity contribution in [3.63, 3.8) is 0 Å². The zero-order chi connectivity index (χ0) is 12.1. The first-order valence-corrected chi connectivity index (χ1v) is 6.71. The fourth-order valence-electron chi connectivity index (χ4n) is 1.37. The van der Waals surface area contributed by atoms with Crippen LogP contribution < -0.4 is 14.2 Å². The third-order valence-electron chi connectivity index (χ3n) is 2.18. The summed E-state index contributed by atoms with van der Waals surface area (Å²) in [5, 5.41) is 0.811. The van der Waals surface area contributed by atoms with Crippen LogP contribution in [0.25, 0.3) is 0 Å². The van der Waals surface area contributed by atoms with Crippen LogP contribution >= 0.6 is 31.9 Å². The average molecular weight is 354 g/mol. The second-order valence-electron chi connectivity index (χ2n) is 3.08. The predicted octanol–water partition coefficient (Wildman–Crippen LogP) is 3.54. The molecular formula is C11H14Br2O3. The maximum Gasteiger partial charge on any atom is 0.203 e. The molecule has 1 unspecified atom stereocenters. The Balaban J connectivity index is 3.25. The highest BCUT2D eigenvalue weighted by Gasteiger charge is 2.16. The van der Waals surface area contributed by atoms with Gasteiger partial charge in [-0.3, -0.25) is 0 Å². The van der Waals surface area contributed by atoms with Crippen molar-refractivity contribution in [3.8, 4) is 17.2 Å². The van der Waals surface area contributed by atoms with E-state index in [1.807, 2.05) is 12.1 Å². The van der Waals surface area contributed by atoms with Crippen LogP contribution in [0.3, 0.4) is 0 Å². The van der Waals surface area contributed by atoms with E-state index in [1.54, 1.807) is 21.3 Å². The second-order valence-corrected chi connectivity index (χ2v) is 4.83. The first-order chi connectivity index (χ1) is 7.67. The molecule has 1 aromatic carbocycles. The molecule has 90 valence electrons. The Morgan fingerprint density at radius 2 is 1.56 bits per heavy atom. The quantitative estimate of drug-likeness (QED) is 0.758. The first-order valence-electron chi connectivity index (χ1n) is 4.67. The molecule has 0 aliphatic heterocycles. The molecule has 1 rings (SSSR count). The van der Waals surface area contributed by atoms with Gasteiger partial charge in [-0.25, -0.2) is 0 Å². The summed E-state index contributed by atoms with van der Waals surface area (Å²) in [6.07, 6.45) is 0. The van der Waals surface area contributed by atoms with Gasteiger partial charge >= 0.3 is 0 Å². The van der Waals surface area contributed by atoms with Crippen molar-refractivity contribution in [1.29, 1.82) is 0 Å². The molecule has 0 aliphatic carbocycles. The molecule has 0 heterocycles. The van der Waals surface area contributed by atoms with Gasteiger partial charge in [0, 0.05) is 10.2 Å². The van der Waals surface area contributed by atoms with Crippen LogP contribution in [-0.4, -0.2) is 26.7 Å². The van der Waals surface area contributed by atoms with Gasteiger partial charge in [0.1, 0.15) is 0 Å². The van der Waals surface area contributed by atoms with E-state index in [4.69, 9.17) is 14.2 Å². The van der Waals surface area contributed by atoms with Crippen molar-refractivity contribution in [3.05, 3.63) is 17.7 Å². The minimum Gasteiger partial charge on any atom is -0.493 e. The van der Waals surface area contributed by atoms with Crippen LogP contribution in [0, 0.1) is 0 Å². The van der Waals surface area contributed by atoms with Crippen molar-refractivity contribution in [1.82, 2.24) is 0 Å². The Bertz CT molecular complexity index is 330. The third-order valence-corrected chi connectivity index (χ3v) is 4.55. The van der Waals surface area contributed by atoms with Crippen LogP contribution in [-0.2, 0) is 0 Å². The van der Waals surface area contributed by atoms with Crippen molar-refractivity contribution in [2.24, 2.45) is 0 Å². The molecule has 0 radical (unpaired) electrons. The van der Waals surface area contributed by atoms with E-state index in [-0.39, 0.29) is 4.83 Å². The lowest BCUT2D eigenvalue weighted by atomic mass is 10.1. The van der Waals surface area contributed by atoms with Crippen molar-refractivity contribution in [2.45, 2.75) is 4.83 Å². The Morgan fingerprint density at radius 3 is 1.88 bits per heavy atom. The molecular weight excluding hydrogens is 340 g/mol. The molecule has 1 atom stereocenters. The smallest absolute Gasteiger partial charge is 0.203 e. The molecule has 0 N–H and O–H groups in total. The summed E-state index contributed by atoms with van der Waals surface area (Å²) >= 11 is 6.98. The highest BCUT2D eigenvalue weighted by Crippen LogP contribution is 2.41. The number of halogens is 2. The van der Waals surface area contributed by atoms with Crippen molar-refractivity contribution < 1.29 is 14.2 Å². The molecule has 3 nitrogen and oxygen atoms in total. The maximum atomic E-state index is 5.27. The van der Waals surface area contributed by atoms with Gasteiger partial charge in [-0.1, -0.05) is 31.9 Å². The van der Waals surface area contributed by atoms with E-state index in [0.29, 0.717) is 17.2 Å². The van der Waals surface area contributed by atoms with Gasteiger partial charge in [-0.05, 0) is 17.7 Å². The molecule has 0 saturated heterocycles. The van der Waals surface area contributed by atoms with Gasteiger partial charge in [-0.15, -0.1) is 0 Å². The van der Waals surface area contributed by atoms with Crippen LogP contribution in [0.2, 0.25) is 0 Å². The van der Waals surface area contributed by atoms with E-state index >= 15 is 0 Å². The van der Waals surface area contributed by atoms with Crippen LogP contribution in [0.1, 0.15) is 10.4 Å². The molecule has 0 fully saturated rings. The molecule has 5 heteroatoms. The molecule has 0 bridgehead atoms. The molecule has 16 heavy (non-hydrogen) atoms. The van der Waals surface area contributed by atoms with Crippen LogP contribution in [0.5, 0.6) is 17.2 Å². The van der Waals surface area contributed by atoms with Crippen molar-refractivity contribution in [2.75, 3.05) is 26.7 Å². The third kappa shape index (κ3) is 2.83. The standard InChI is InChI=1S/C11H14Br2O3/c1-14-9-4-7(8(13)6-12)5-10(15-2)11(9)16-3/h4-5,8H,6H2,1-3H3. The lowest BCUT2D eigenvalue weighted by Gasteiger charge is -2.15. The summed E-state index contributed by atoms with van der Waals surface area (Å²) < 4.78 is 15.8. The zero-order valence-electron chi connectivity index (χ0n) is 9.42. The largest absolute Gasteiger partial charge is 0.493 e. The summed E-state index contributed by atoms with van der Waals surface area (Å²) in [6.45, 7) is 0. The highest BCUT2D eigenvalue weighted by atomic mass is 79.9. The number of alkyl halides is 2. The highest BCUT2D eigenvalue weighted by molar-refractivity contribution is 9.12. The van der Waals surface area contributed by atoms with Gasteiger partial charge in [0.05, 0.1) is 21.3 Å². The number of ether oxygens (including phenoxy) is 3. The molecule has 0 amide bonds. The zero-order valence-corrected chi connectivity index (χ0v) is 12.6. The van der Waals surface area contributed by atoms with Crippen molar-refractivity contribution >= 4 is 31.9 Å². The van der Waals surface area contributed by atoms with E-state index in [1.165, 1.54) is 0 Å². The van der Waals surface area contributed by atoms with Gasteiger partial charge in [-0.2, -0.15) is 0 Å². The molecule has 1 aromatic rings. The lowest BCUT2D eigenvalue weighted by Crippen LogP contribution is -1.98. The topological polar surface area (TPSA) is 27.7 Å². The second kappa shape index (κ2) is 6.35. The first kappa shape index (κ1) is 13.6. The summed E-state index contributed by atoms with van der Waals surface area (Å²) in [5.74, 6) is 1.95. The van der Waals surface area contributed by atoms with Gasteiger partial charge < -0.3 is 14.2 Å². The molecule has 0 aromatic heterocycles. The number of rotatable bonds is 5. The summed E-state index contributed by atoms with van der Waals surface area (Å²) in [6, 6.07) is 3.87. The normalized spacial score (nSPS) is 12.1. The summed E-state index contributed by atoms with van der Waals surface area (Å²) in [7, 11) is 4.81.